The van der Waals surface area contributed by atoms with Crippen LogP contribution in [-0.4, -0.2) is 35.8 Å². The van der Waals surface area contributed by atoms with Gasteiger partial charge in [-0.15, -0.1) is 0 Å². The Morgan fingerprint density at radius 2 is 1.54 bits per heavy atom. The molecular weight excluding hydrogens is 348 g/mol. The Hall–Kier alpha value is -3.14. The Labute approximate surface area is 165 Å². The minimum Gasteiger partial charge on any atom is -0.349 e. The van der Waals surface area contributed by atoms with Crippen molar-refractivity contribution in [2.45, 2.75) is 25.3 Å². The summed E-state index contributed by atoms with van der Waals surface area (Å²) in [5, 5.41) is 5.20. The summed E-state index contributed by atoms with van der Waals surface area (Å²) in [5.74, 6) is 0.121. The van der Waals surface area contributed by atoms with Gasteiger partial charge in [0.1, 0.15) is 0 Å². The highest BCUT2D eigenvalue weighted by Crippen LogP contribution is 2.19. The maximum absolute atomic E-state index is 12.8. The van der Waals surface area contributed by atoms with Gasteiger partial charge in [-0.25, -0.2) is 0 Å². The van der Waals surface area contributed by atoms with Crippen LogP contribution in [0, 0.1) is 0 Å². The molecule has 0 bridgehead atoms. The summed E-state index contributed by atoms with van der Waals surface area (Å²) in [6, 6.07) is 23.7. The van der Waals surface area contributed by atoms with Gasteiger partial charge in [0.15, 0.2) is 0 Å². The molecule has 28 heavy (non-hydrogen) atoms. The average molecular weight is 372 g/mol. The summed E-state index contributed by atoms with van der Waals surface area (Å²) in [6.07, 6.45) is 2.02. The van der Waals surface area contributed by atoms with Gasteiger partial charge in [-0.1, -0.05) is 66.7 Å². The van der Waals surface area contributed by atoms with Crippen LogP contribution in [0.4, 0.5) is 0 Å². The lowest BCUT2D eigenvalue weighted by Crippen LogP contribution is -2.47. The Morgan fingerprint density at radius 3 is 2.32 bits per heavy atom. The molecule has 1 saturated heterocycles. The van der Waals surface area contributed by atoms with Gasteiger partial charge in [-0.2, -0.15) is 0 Å². The number of fused-ring (bicyclic) bond motifs is 1. The smallest absolute Gasteiger partial charge is 0.252 e. The van der Waals surface area contributed by atoms with E-state index in [-0.39, 0.29) is 17.9 Å². The first-order valence-corrected chi connectivity index (χ1v) is 9.81. The molecule has 0 spiro atoms. The number of hydrogen-bond acceptors (Lipinski definition) is 2. The molecular formula is C24H24N2O2. The van der Waals surface area contributed by atoms with E-state index in [9.17, 15) is 9.59 Å². The number of piperidine rings is 1. The minimum absolute atomic E-state index is 0.0362. The van der Waals surface area contributed by atoms with Crippen molar-refractivity contribution in [2.24, 2.45) is 0 Å². The monoisotopic (exact) mass is 372 g/mol. The predicted octanol–water partition coefficient (Wildman–Crippen LogP) is 3.80. The maximum Gasteiger partial charge on any atom is 0.252 e. The van der Waals surface area contributed by atoms with Gasteiger partial charge in [0.25, 0.3) is 5.91 Å². The number of benzene rings is 3. The lowest BCUT2D eigenvalue weighted by Gasteiger charge is -2.32. The van der Waals surface area contributed by atoms with Crippen LogP contribution < -0.4 is 5.32 Å². The number of rotatable bonds is 4. The highest BCUT2D eigenvalue weighted by atomic mass is 16.2. The van der Waals surface area contributed by atoms with E-state index >= 15 is 0 Å². The molecule has 1 N–H and O–H groups in total. The van der Waals surface area contributed by atoms with E-state index in [4.69, 9.17) is 0 Å². The molecule has 142 valence electrons. The van der Waals surface area contributed by atoms with Gasteiger partial charge in [0, 0.05) is 24.7 Å². The van der Waals surface area contributed by atoms with Gasteiger partial charge >= 0.3 is 0 Å². The second-order valence-corrected chi connectivity index (χ2v) is 7.32. The molecule has 3 aromatic rings. The van der Waals surface area contributed by atoms with E-state index in [1.54, 1.807) is 0 Å². The fourth-order valence-electron chi connectivity index (χ4n) is 3.84. The van der Waals surface area contributed by atoms with Crippen LogP contribution in [0.2, 0.25) is 0 Å². The number of nitrogens with zero attached hydrogens (tertiary/aromatic N) is 1. The van der Waals surface area contributed by atoms with Crippen molar-refractivity contribution in [1.29, 1.82) is 0 Å². The van der Waals surface area contributed by atoms with Crippen molar-refractivity contribution in [3.63, 3.8) is 0 Å². The number of nitrogens with one attached hydrogen (secondary N) is 1. The molecule has 3 aromatic carbocycles. The lowest BCUT2D eigenvalue weighted by molar-refractivity contribution is -0.131. The molecule has 0 unspecified atom stereocenters. The standard InChI is InChI=1S/C24H24N2O2/c27-23(17-18-7-2-1-3-8-18)26-15-13-20(14-16-26)25-24(28)22-12-6-10-19-9-4-5-11-21(19)22/h1-12,20H,13-17H2,(H,25,28). The highest BCUT2D eigenvalue weighted by molar-refractivity contribution is 6.07. The fraction of sp³-hybridized carbons (Fsp3) is 0.250. The van der Waals surface area contributed by atoms with E-state index in [0.29, 0.717) is 25.1 Å². The number of amides is 2. The van der Waals surface area contributed by atoms with Crippen LogP contribution >= 0.6 is 0 Å². The summed E-state index contributed by atoms with van der Waals surface area (Å²) >= 11 is 0. The zero-order valence-corrected chi connectivity index (χ0v) is 15.8. The third-order valence-electron chi connectivity index (χ3n) is 5.42. The van der Waals surface area contributed by atoms with Crippen molar-refractivity contribution < 1.29 is 9.59 Å². The Morgan fingerprint density at radius 1 is 0.857 bits per heavy atom. The molecule has 1 aliphatic heterocycles. The number of carbonyl (C=O) groups excluding carboxylic acids is 2. The quantitative estimate of drug-likeness (QED) is 0.757. The summed E-state index contributed by atoms with van der Waals surface area (Å²) in [5.41, 5.74) is 1.75. The van der Waals surface area contributed by atoms with Crippen LogP contribution in [0.3, 0.4) is 0 Å². The molecule has 4 nitrogen and oxygen atoms in total. The summed E-state index contributed by atoms with van der Waals surface area (Å²) < 4.78 is 0. The lowest BCUT2D eigenvalue weighted by atomic mass is 10.0. The predicted molar refractivity (Wildman–Crippen MR) is 111 cm³/mol. The van der Waals surface area contributed by atoms with Crippen LogP contribution in [-0.2, 0) is 11.2 Å². The van der Waals surface area contributed by atoms with Crippen molar-refractivity contribution in [3.8, 4) is 0 Å². The maximum atomic E-state index is 12.8. The average Bonchev–Trinajstić information content (AvgIpc) is 2.74. The molecule has 1 fully saturated rings. The molecule has 0 atom stereocenters. The summed E-state index contributed by atoms with van der Waals surface area (Å²) in [6.45, 7) is 1.37. The van der Waals surface area contributed by atoms with Gasteiger partial charge in [0.2, 0.25) is 5.91 Å². The molecule has 4 rings (SSSR count). The van der Waals surface area contributed by atoms with E-state index < -0.39 is 0 Å². The summed E-state index contributed by atoms with van der Waals surface area (Å²) in [4.78, 5) is 27.2. The van der Waals surface area contributed by atoms with Crippen LogP contribution in [0.15, 0.2) is 72.8 Å². The number of likely N-dealkylation sites (tertiary alicyclic amines) is 1. The van der Waals surface area contributed by atoms with Crippen LogP contribution in [0.5, 0.6) is 0 Å². The number of carbonyl (C=O) groups is 2. The van der Waals surface area contributed by atoms with E-state index in [0.717, 1.165) is 29.2 Å². The molecule has 1 heterocycles. The van der Waals surface area contributed by atoms with Gasteiger partial charge < -0.3 is 10.2 Å². The van der Waals surface area contributed by atoms with Crippen molar-refractivity contribution in [2.75, 3.05) is 13.1 Å². The zero-order valence-electron chi connectivity index (χ0n) is 15.8. The minimum atomic E-state index is -0.0362. The third kappa shape index (κ3) is 4.06. The Bertz CT molecular complexity index is 971. The SMILES string of the molecule is O=C(NC1CCN(C(=O)Cc2ccccc2)CC1)c1cccc2ccccc12. The molecule has 0 radical (unpaired) electrons. The largest absolute Gasteiger partial charge is 0.349 e. The van der Waals surface area contributed by atoms with E-state index in [1.165, 1.54) is 0 Å². The first-order valence-electron chi connectivity index (χ1n) is 9.81. The van der Waals surface area contributed by atoms with E-state index in [2.05, 4.69) is 5.32 Å². The van der Waals surface area contributed by atoms with Crippen molar-refractivity contribution in [1.82, 2.24) is 10.2 Å². The van der Waals surface area contributed by atoms with Crippen molar-refractivity contribution in [3.05, 3.63) is 83.9 Å². The van der Waals surface area contributed by atoms with Gasteiger partial charge in [-0.3, -0.25) is 9.59 Å². The molecule has 0 aliphatic carbocycles. The third-order valence-corrected chi connectivity index (χ3v) is 5.42. The molecule has 2 amide bonds. The van der Waals surface area contributed by atoms with Gasteiger partial charge in [0.05, 0.1) is 6.42 Å². The fourth-order valence-corrected chi connectivity index (χ4v) is 3.84. The first-order chi connectivity index (χ1) is 13.7. The molecule has 0 aromatic heterocycles. The molecule has 4 heteroatoms. The van der Waals surface area contributed by atoms with Crippen LogP contribution in [0.25, 0.3) is 10.8 Å². The van der Waals surface area contributed by atoms with Gasteiger partial charge in [-0.05, 0) is 35.2 Å². The zero-order chi connectivity index (χ0) is 19.3. The topological polar surface area (TPSA) is 49.4 Å². The normalized spacial score (nSPS) is 14.8. The van der Waals surface area contributed by atoms with Crippen molar-refractivity contribution >= 4 is 22.6 Å². The van der Waals surface area contributed by atoms with Crippen LogP contribution in [0.1, 0.15) is 28.8 Å². The number of hydrogen-bond donors (Lipinski definition) is 1. The summed E-state index contributed by atoms with van der Waals surface area (Å²) in [7, 11) is 0. The first kappa shape index (κ1) is 18.2. The van der Waals surface area contributed by atoms with E-state index in [1.807, 2.05) is 77.7 Å². The molecule has 1 aliphatic rings. The highest BCUT2D eigenvalue weighted by Gasteiger charge is 2.24. The molecule has 0 saturated carbocycles. The second kappa shape index (κ2) is 8.26. The Balaban J connectivity index is 1.34. The Kier molecular flexibility index (Phi) is 5.38. The second-order valence-electron chi connectivity index (χ2n) is 7.32.